The van der Waals surface area contributed by atoms with Gasteiger partial charge in [0, 0.05) is 28.2 Å². The number of rotatable bonds is 3. The maximum Gasteiger partial charge on any atom is 0.0471 e. The quantitative estimate of drug-likeness (QED) is 0.824. The van der Waals surface area contributed by atoms with Crippen LogP contribution < -0.4 is 5.73 Å². The number of halogens is 1. The molecule has 3 heteroatoms. The number of hydrogen-bond donors (Lipinski definition) is 2. The highest BCUT2D eigenvalue weighted by atomic mass is 35.5. The first-order chi connectivity index (χ1) is 7.16. The van der Waals surface area contributed by atoms with E-state index in [1.54, 1.807) is 0 Å². The maximum absolute atomic E-state index is 5.92. The predicted octanol–water partition coefficient (Wildman–Crippen LogP) is 3.10. The van der Waals surface area contributed by atoms with E-state index in [-0.39, 0.29) is 6.04 Å². The number of fused-ring (bicyclic) bond motifs is 1. The van der Waals surface area contributed by atoms with E-state index in [4.69, 9.17) is 17.3 Å². The average molecular weight is 223 g/mol. The van der Waals surface area contributed by atoms with E-state index in [2.05, 4.69) is 11.1 Å². The van der Waals surface area contributed by atoms with Crippen LogP contribution in [0.15, 0.2) is 24.4 Å². The molecule has 0 aliphatic rings. The van der Waals surface area contributed by atoms with Gasteiger partial charge in [-0.2, -0.15) is 0 Å². The molecule has 3 N–H and O–H groups in total. The first-order valence-electron chi connectivity index (χ1n) is 5.18. The molecule has 0 fully saturated rings. The lowest BCUT2D eigenvalue weighted by molar-refractivity contribution is 0.668. The Balaban J connectivity index is 2.29. The van der Waals surface area contributed by atoms with Crippen molar-refractivity contribution in [3.8, 4) is 0 Å². The van der Waals surface area contributed by atoms with Gasteiger partial charge in [0.1, 0.15) is 0 Å². The Hall–Kier alpha value is -0.990. The van der Waals surface area contributed by atoms with E-state index >= 15 is 0 Å². The van der Waals surface area contributed by atoms with Crippen molar-refractivity contribution in [1.82, 2.24) is 4.98 Å². The summed E-state index contributed by atoms with van der Waals surface area (Å²) in [6.07, 6.45) is 4.07. The fraction of sp³-hybridized carbons (Fsp3) is 0.333. The van der Waals surface area contributed by atoms with Gasteiger partial charge in [-0.05, 0) is 37.5 Å². The Bertz CT molecular complexity index is 460. The van der Waals surface area contributed by atoms with Crippen molar-refractivity contribution < 1.29 is 0 Å². The van der Waals surface area contributed by atoms with Crippen LogP contribution in [-0.4, -0.2) is 11.0 Å². The molecule has 15 heavy (non-hydrogen) atoms. The number of nitrogens with one attached hydrogen (secondary N) is 1. The van der Waals surface area contributed by atoms with E-state index < -0.39 is 0 Å². The highest BCUT2D eigenvalue weighted by molar-refractivity contribution is 6.31. The lowest BCUT2D eigenvalue weighted by atomic mass is 10.1. The van der Waals surface area contributed by atoms with Gasteiger partial charge in [-0.15, -0.1) is 0 Å². The zero-order valence-corrected chi connectivity index (χ0v) is 9.51. The third-order valence-electron chi connectivity index (χ3n) is 2.60. The summed E-state index contributed by atoms with van der Waals surface area (Å²) in [5.74, 6) is 0. The summed E-state index contributed by atoms with van der Waals surface area (Å²) < 4.78 is 0. The molecule has 0 spiro atoms. The van der Waals surface area contributed by atoms with Gasteiger partial charge in [0.25, 0.3) is 0 Å². The molecule has 2 rings (SSSR count). The molecule has 1 heterocycles. The molecule has 1 aromatic heterocycles. The molecular formula is C12H15ClN2. The largest absolute Gasteiger partial charge is 0.361 e. The molecule has 1 atom stereocenters. The molecule has 2 aromatic rings. The Labute approximate surface area is 94.4 Å². The molecule has 80 valence electrons. The lowest BCUT2D eigenvalue weighted by Crippen LogP contribution is -2.15. The van der Waals surface area contributed by atoms with Crippen LogP contribution in [0.4, 0.5) is 0 Å². The minimum atomic E-state index is 0.252. The van der Waals surface area contributed by atoms with Crippen molar-refractivity contribution >= 4 is 22.5 Å². The maximum atomic E-state index is 5.92. The van der Waals surface area contributed by atoms with Gasteiger partial charge >= 0.3 is 0 Å². The molecule has 0 saturated carbocycles. The van der Waals surface area contributed by atoms with E-state index in [1.165, 1.54) is 10.9 Å². The molecule has 1 aromatic carbocycles. The van der Waals surface area contributed by atoms with Crippen LogP contribution in [0.2, 0.25) is 5.02 Å². The molecule has 1 unspecified atom stereocenters. The van der Waals surface area contributed by atoms with Crippen molar-refractivity contribution in [1.29, 1.82) is 0 Å². The Morgan fingerprint density at radius 1 is 1.47 bits per heavy atom. The monoisotopic (exact) mass is 222 g/mol. The van der Waals surface area contributed by atoms with Gasteiger partial charge < -0.3 is 10.7 Å². The minimum Gasteiger partial charge on any atom is -0.361 e. The zero-order valence-electron chi connectivity index (χ0n) is 8.76. The standard InChI is InChI=1S/C12H15ClN2/c1-8(14)2-3-9-7-15-12-6-10(13)4-5-11(9)12/h4-8,15H,2-3,14H2,1H3. The van der Waals surface area contributed by atoms with E-state index in [9.17, 15) is 0 Å². The molecule has 2 nitrogen and oxygen atoms in total. The topological polar surface area (TPSA) is 41.8 Å². The van der Waals surface area contributed by atoms with Crippen molar-refractivity contribution in [2.75, 3.05) is 0 Å². The summed E-state index contributed by atoms with van der Waals surface area (Å²) in [6.45, 7) is 2.03. The molecule has 0 amide bonds. The summed E-state index contributed by atoms with van der Waals surface area (Å²) in [6, 6.07) is 6.19. The number of hydrogen-bond acceptors (Lipinski definition) is 1. The van der Waals surface area contributed by atoms with E-state index in [0.717, 1.165) is 23.4 Å². The Kier molecular flexibility index (Phi) is 2.98. The number of aromatic amines is 1. The normalized spacial score (nSPS) is 13.3. The molecular weight excluding hydrogens is 208 g/mol. The van der Waals surface area contributed by atoms with Crippen LogP contribution in [0.3, 0.4) is 0 Å². The van der Waals surface area contributed by atoms with Crippen molar-refractivity contribution in [3.05, 3.63) is 35.0 Å². The fourth-order valence-electron chi connectivity index (χ4n) is 1.75. The van der Waals surface area contributed by atoms with E-state index in [1.807, 2.05) is 25.3 Å². The van der Waals surface area contributed by atoms with Crippen LogP contribution in [0.1, 0.15) is 18.9 Å². The summed E-state index contributed by atoms with van der Waals surface area (Å²) in [5, 5.41) is 2.02. The van der Waals surface area contributed by atoms with Crippen LogP contribution in [0, 0.1) is 0 Å². The van der Waals surface area contributed by atoms with Gasteiger partial charge in [0.05, 0.1) is 0 Å². The second kappa shape index (κ2) is 4.25. The zero-order chi connectivity index (χ0) is 10.8. The number of aryl methyl sites for hydroxylation is 1. The van der Waals surface area contributed by atoms with Gasteiger partial charge in [-0.1, -0.05) is 17.7 Å². The van der Waals surface area contributed by atoms with Gasteiger partial charge in [-0.25, -0.2) is 0 Å². The SMILES string of the molecule is CC(N)CCc1c[nH]c2cc(Cl)ccc12. The lowest BCUT2D eigenvalue weighted by Gasteiger charge is -2.03. The second-order valence-electron chi connectivity index (χ2n) is 4.02. The highest BCUT2D eigenvalue weighted by Gasteiger charge is 2.04. The molecule has 0 bridgehead atoms. The third kappa shape index (κ3) is 2.33. The first-order valence-corrected chi connectivity index (χ1v) is 5.55. The van der Waals surface area contributed by atoms with Crippen LogP contribution in [0.5, 0.6) is 0 Å². The van der Waals surface area contributed by atoms with Gasteiger partial charge in [-0.3, -0.25) is 0 Å². The smallest absolute Gasteiger partial charge is 0.0471 e. The van der Waals surface area contributed by atoms with Crippen LogP contribution >= 0.6 is 11.6 Å². The Morgan fingerprint density at radius 3 is 3.00 bits per heavy atom. The van der Waals surface area contributed by atoms with Crippen LogP contribution in [-0.2, 0) is 6.42 Å². The molecule has 0 aliphatic carbocycles. The van der Waals surface area contributed by atoms with E-state index in [0.29, 0.717) is 0 Å². The number of nitrogens with two attached hydrogens (primary N) is 1. The summed E-state index contributed by atoms with van der Waals surface area (Å²) in [5.41, 5.74) is 8.16. The number of H-pyrrole nitrogens is 1. The minimum absolute atomic E-state index is 0.252. The van der Waals surface area contributed by atoms with Crippen LogP contribution in [0.25, 0.3) is 10.9 Å². The molecule has 0 radical (unpaired) electrons. The molecule has 0 saturated heterocycles. The predicted molar refractivity (Wildman–Crippen MR) is 65.3 cm³/mol. The van der Waals surface area contributed by atoms with Crippen molar-refractivity contribution in [3.63, 3.8) is 0 Å². The highest BCUT2D eigenvalue weighted by Crippen LogP contribution is 2.23. The summed E-state index contributed by atoms with van der Waals surface area (Å²) in [7, 11) is 0. The number of benzene rings is 1. The second-order valence-corrected chi connectivity index (χ2v) is 4.46. The summed E-state index contributed by atoms with van der Waals surface area (Å²) >= 11 is 5.92. The third-order valence-corrected chi connectivity index (χ3v) is 2.83. The fourth-order valence-corrected chi connectivity index (χ4v) is 1.92. The van der Waals surface area contributed by atoms with Gasteiger partial charge in [0.15, 0.2) is 0 Å². The molecule has 0 aliphatic heterocycles. The first kappa shape index (κ1) is 10.5. The van der Waals surface area contributed by atoms with Crippen molar-refractivity contribution in [2.45, 2.75) is 25.8 Å². The average Bonchev–Trinajstić information content (AvgIpc) is 2.57. The van der Waals surface area contributed by atoms with Gasteiger partial charge in [0.2, 0.25) is 0 Å². The summed E-state index contributed by atoms with van der Waals surface area (Å²) in [4.78, 5) is 3.23. The number of aromatic nitrogens is 1. The Morgan fingerprint density at radius 2 is 2.27 bits per heavy atom. The van der Waals surface area contributed by atoms with Crippen molar-refractivity contribution in [2.24, 2.45) is 5.73 Å².